The van der Waals surface area contributed by atoms with Crippen molar-refractivity contribution in [3.63, 3.8) is 0 Å². The number of benzene rings is 1. The Labute approximate surface area is 101 Å². The quantitative estimate of drug-likeness (QED) is 0.697. The molecular formula is C11H13BrFNO2. The lowest BCUT2D eigenvalue weighted by Crippen LogP contribution is -2.27. The van der Waals surface area contributed by atoms with Crippen molar-refractivity contribution < 1.29 is 14.6 Å². The van der Waals surface area contributed by atoms with Crippen LogP contribution in [0.15, 0.2) is 10.5 Å². The van der Waals surface area contributed by atoms with Gasteiger partial charge in [0.05, 0.1) is 4.47 Å². The molecule has 0 aromatic heterocycles. The van der Waals surface area contributed by atoms with Crippen molar-refractivity contribution in [2.45, 2.75) is 25.3 Å². The first-order valence-corrected chi connectivity index (χ1v) is 6.03. The van der Waals surface area contributed by atoms with Crippen molar-refractivity contribution in [2.24, 2.45) is 0 Å². The monoisotopic (exact) mass is 289 g/mol. The van der Waals surface area contributed by atoms with Crippen molar-refractivity contribution in [3.05, 3.63) is 21.9 Å². The van der Waals surface area contributed by atoms with Gasteiger partial charge in [-0.15, -0.1) is 0 Å². The van der Waals surface area contributed by atoms with E-state index in [0.29, 0.717) is 5.56 Å². The number of rotatable bonds is 1. The summed E-state index contributed by atoms with van der Waals surface area (Å²) in [5, 5.41) is 22.4. The molecule has 0 spiro atoms. The third-order valence-corrected chi connectivity index (χ3v) is 3.67. The van der Waals surface area contributed by atoms with Gasteiger partial charge in [0, 0.05) is 17.7 Å². The molecule has 0 radical (unpaired) electrons. The number of phenols is 2. The second-order valence-electron chi connectivity index (χ2n) is 3.96. The summed E-state index contributed by atoms with van der Waals surface area (Å²) >= 11 is 3.11. The molecule has 0 saturated carbocycles. The Morgan fingerprint density at radius 3 is 2.75 bits per heavy atom. The number of nitrogens with one attached hydrogen (secondary N) is 1. The Bertz CT molecular complexity index is 379. The van der Waals surface area contributed by atoms with Crippen LogP contribution in [0.5, 0.6) is 11.5 Å². The Morgan fingerprint density at radius 1 is 1.38 bits per heavy atom. The smallest absolute Gasteiger partial charge is 0.163 e. The average Bonchev–Trinajstić information content (AvgIpc) is 2.28. The molecule has 1 fully saturated rings. The summed E-state index contributed by atoms with van der Waals surface area (Å²) < 4.78 is 13.7. The highest BCUT2D eigenvalue weighted by molar-refractivity contribution is 9.10. The van der Waals surface area contributed by atoms with Crippen molar-refractivity contribution in [1.82, 2.24) is 5.32 Å². The van der Waals surface area contributed by atoms with Crippen LogP contribution >= 0.6 is 15.9 Å². The minimum absolute atomic E-state index is 0.107. The summed E-state index contributed by atoms with van der Waals surface area (Å²) in [4.78, 5) is 0. The number of halogens is 2. The number of piperidine rings is 1. The molecule has 16 heavy (non-hydrogen) atoms. The van der Waals surface area contributed by atoms with Gasteiger partial charge in [-0.25, -0.2) is 4.39 Å². The number of hydrogen-bond donors (Lipinski definition) is 3. The van der Waals surface area contributed by atoms with Crippen LogP contribution in [0.2, 0.25) is 0 Å². The molecule has 3 nitrogen and oxygen atoms in total. The molecule has 1 heterocycles. The van der Waals surface area contributed by atoms with Gasteiger partial charge >= 0.3 is 0 Å². The van der Waals surface area contributed by atoms with E-state index in [9.17, 15) is 14.6 Å². The van der Waals surface area contributed by atoms with Crippen molar-refractivity contribution in [3.8, 4) is 11.5 Å². The van der Waals surface area contributed by atoms with E-state index in [-0.39, 0.29) is 16.3 Å². The van der Waals surface area contributed by atoms with Gasteiger partial charge in [-0.1, -0.05) is 6.42 Å². The zero-order chi connectivity index (χ0) is 11.7. The van der Waals surface area contributed by atoms with E-state index in [2.05, 4.69) is 21.2 Å². The maximum Gasteiger partial charge on any atom is 0.163 e. The van der Waals surface area contributed by atoms with Gasteiger partial charge < -0.3 is 15.5 Å². The lowest BCUT2D eigenvalue weighted by atomic mass is 9.96. The predicted octanol–water partition coefficient (Wildman–Crippen LogP) is 2.81. The topological polar surface area (TPSA) is 52.5 Å². The van der Waals surface area contributed by atoms with Crippen LogP contribution in [0.3, 0.4) is 0 Å². The second-order valence-corrected chi connectivity index (χ2v) is 4.75. The summed E-state index contributed by atoms with van der Waals surface area (Å²) in [7, 11) is 0. The van der Waals surface area contributed by atoms with Gasteiger partial charge in [0.15, 0.2) is 11.5 Å². The normalized spacial score (nSPS) is 21.0. The van der Waals surface area contributed by atoms with Gasteiger partial charge in [-0.05, 0) is 35.3 Å². The van der Waals surface area contributed by atoms with Gasteiger partial charge in [-0.3, -0.25) is 0 Å². The molecule has 1 aliphatic heterocycles. The fraction of sp³-hybridized carbons (Fsp3) is 0.455. The van der Waals surface area contributed by atoms with E-state index in [1.54, 1.807) is 0 Å². The van der Waals surface area contributed by atoms with E-state index in [4.69, 9.17) is 0 Å². The first-order chi connectivity index (χ1) is 7.61. The van der Waals surface area contributed by atoms with E-state index in [1.165, 1.54) is 0 Å². The molecule has 1 unspecified atom stereocenters. The van der Waals surface area contributed by atoms with Crippen LogP contribution in [0.4, 0.5) is 4.39 Å². The van der Waals surface area contributed by atoms with E-state index >= 15 is 0 Å². The summed E-state index contributed by atoms with van der Waals surface area (Å²) in [5.74, 6) is -1.21. The lowest BCUT2D eigenvalue weighted by molar-refractivity contribution is 0.364. The molecule has 3 N–H and O–H groups in total. The highest BCUT2D eigenvalue weighted by Gasteiger charge is 2.24. The van der Waals surface area contributed by atoms with Crippen LogP contribution in [-0.2, 0) is 0 Å². The molecular weight excluding hydrogens is 277 g/mol. The first-order valence-electron chi connectivity index (χ1n) is 5.24. The molecule has 1 aromatic carbocycles. The summed E-state index contributed by atoms with van der Waals surface area (Å²) in [6.07, 6.45) is 2.94. The molecule has 0 aliphatic carbocycles. The minimum atomic E-state index is -0.558. The average molecular weight is 290 g/mol. The zero-order valence-corrected chi connectivity index (χ0v) is 10.2. The van der Waals surface area contributed by atoms with Crippen LogP contribution in [0.25, 0.3) is 0 Å². The molecule has 88 valence electrons. The van der Waals surface area contributed by atoms with Crippen molar-refractivity contribution >= 4 is 15.9 Å². The largest absolute Gasteiger partial charge is 0.504 e. The number of phenolic OH excluding ortho intramolecular Hbond substituents is 2. The molecule has 5 heteroatoms. The van der Waals surface area contributed by atoms with Gasteiger partial charge in [-0.2, -0.15) is 0 Å². The highest BCUT2D eigenvalue weighted by Crippen LogP contribution is 2.42. The third-order valence-electron chi connectivity index (χ3n) is 2.87. The summed E-state index contributed by atoms with van der Waals surface area (Å²) in [6, 6.07) is 0.802. The standard InChI is InChI=1S/C11H13BrFNO2/c12-10-6(13)5-8(15)11(16)9(10)7-3-1-2-4-14-7/h5,7,14-16H,1-4H2. The first kappa shape index (κ1) is 11.7. The maximum atomic E-state index is 13.4. The van der Waals surface area contributed by atoms with Gasteiger partial charge in [0.2, 0.25) is 0 Å². The molecule has 1 aromatic rings. The second kappa shape index (κ2) is 4.59. The molecule has 1 saturated heterocycles. The Morgan fingerprint density at radius 2 is 2.12 bits per heavy atom. The van der Waals surface area contributed by atoms with Gasteiger partial charge in [0.25, 0.3) is 0 Å². The molecule has 1 aliphatic rings. The van der Waals surface area contributed by atoms with E-state index < -0.39 is 11.6 Å². The van der Waals surface area contributed by atoms with Crippen LogP contribution in [0.1, 0.15) is 30.9 Å². The van der Waals surface area contributed by atoms with Crippen molar-refractivity contribution in [1.29, 1.82) is 0 Å². The predicted molar refractivity (Wildman–Crippen MR) is 62.0 cm³/mol. The number of aromatic hydroxyl groups is 2. The molecule has 1 atom stereocenters. The Hall–Kier alpha value is -0.810. The Balaban J connectivity index is 2.45. The van der Waals surface area contributed by atoms with Crippen LogP contribution in [0, 0.1) is 5.82 Å². The summed E-state index contributed by atoms with van der Waals surface area (Å²) in [6.45, 7) is 0.841. The molecule has 2 rings (SSSR count). The fourth-order valence-corrected chi connectivity index (χ4v) is 2.62. The number of hydrogen-bond acceptors (Lipinski definition) is 3. The molecule has 0 bridgehead atoms. The summed E-state index contributed by atoms with van der Waals surface area (Å²) in [5.41, 5.74) is 0.414. The fourth-order valence-electron chi connectivity index (χ4n) is 2.04. The third kappa shape index (κ3) is 2.01. The zero-order valence-electron chi connectivity index (χ0n) is 8.63. The van der Waals surface area contributed by atoms with Crippen LogP contribution < -0.4 is 5.32 Å². The SMILES string of the molecule is Oc1cc(F)c(Br)c(C2CCCCN2)c1O. The van der Waals surface area contributed by atoms with E-state index in [0.717, 1.165) is 31.9 Å². The highest BCUT2D eigenvalue weighted by atomic mass is 79.9. The lowest BCUT2D eigenvalue weighted by Gasteiger charge is -2.25. The van der Waals surface area contributed by atoms with E-state index in [1.807, 2.05) is 0 Å². The minimum Gasteiger partial charge on any atom is -0.504 e. The van der Waals surface area contributed by atoms with Gasteiger partial charge in [0.1, 0.15) is 5.82 Å². The Kier molecular flexibility index (Phi) is 3.35. The molecule has 0 amide bonds. The van der Waals surface area contributed by atoms with Crippen LogP contribution in [-0.4, -0.2) is 16.8 Å². The maximum absolute atomic E-state index is 13.4. The van der Waals surface area contributed by atoms with Crippen molar-refractivity contribution in [2.75, 3.05) is 6.54 Å².